The van der Waals surface area contributed by atoms with E-state index >= 15 is 0 Å². The van der Waals surface area contributed by atoms with Gasteiger partial charge in [-0.2, -0.15) is 13.2 Å². The minimum Gasteiger partial charge on any atom is -0.448 e. The topological polar surface area (TPSA) is 55.2 Å². The molecule has 1 aromatic heterocycles. The van der Waals surface area contributed by atoms with Gasteiger partial charge in [0.1, 0.15) is 0 Å². The quantitative estimate of drug-likeness (QED) is 0.241. The van der Waals surface area contributed by atoms with Crippen molar-refractivity contribution in [2.75, 3.05) is 0 Å². The number of hydrogen-bond acceptors (Lipinski definition) is 4. The minimum atomic E-state index is -4.73. The Kier molecular flexibility index (Phi) is 7.91. The molecular weight excluding hydrogens is 447 g/mol. The molecule has 1 atom stereocenters. The Morgan fingerprint density at radius 3 is 2.59 bits per heavy atom. The fourth-order valence-electron chi connectivity index (χ4n) is 2.75. The summed E-state index contributed by atoms with van der Waals surface area (Å²) in [5.74, 6) is -0.857. The van der Waals surface area contributed by atoms with Crippen LogP contribution in [0.1, 0.15) is 63.5 Å². The molecule has 0 fully saturated rings. The van der Waals surface area contributed by atoms with Gasteiger partial charge in [0.2, 0.25) is 6.10 Å². The van der Waals surface area contributed by atoms with Crippen LogP contribution in [0, 0.1) is 4.84 Å². The second kappa shape index (κ2) is 9.73. The number of aromatic amines is 1. The number of benzene rings is 1. The summed E-state index contributed by atoms with van der Waals surface area (Å²) in [4.78, 5) is 14.7. The highest BCUT2D eigenvalue weighted by atomic mass is 79.9. The Morgan fingerprint density at radius 2 is 1.93 bits per heavy atom. The first-order valence-corrected chi connectivity index (χ1v) is 10.0. The Morgan fingerprint density at radius 1 is 1.26 bits per heavy atom. The molecule has 1 unspecified atom stereocenters. The van der Waals surface area contributed by atoms with E-state index in [1.165, 1.54) is 12.1 Å². The average Bonchev–Trinajstić information content (AvgIpc) is 2.95. The van der Waals surface area contributed by atoms with Gasteiger partial charge in [0.15, 0.2) is 5.58 Å². The monoisotopic (exact) mass is 467 g/mol. The van der Waals surface area contributed by atoms with E-state index < -0.39 is 18.2 Å². The van der Waals surface area contributed by atoms with Crippen molar-refractivity contribution in [3.05, 3.63) is 27.0 Å². The van der Waals surface area contributed by atoms with Gasteiger partial charge in [0.25, 0.3) is 4.84 Å². The van der Waals surface area contributed by atoms with Crippen molar-refractivity contribution < 1.29 is 27.1 Å². The Balaban J connectivity index is 2.08. The molecule has 1 aromatic carbocycles. The number of H-pyrrole nitrogens is 1. The highest BCUT2D eigenvalue weighted by Gasteiger charge is 2.44. The Labute approximate surface area is 168 Å². The van der Waals surface area contributed by atoms with Crippen molar-refractivity contribution in [3.8, 4) is 0 Å². The lowest BCUT2D eigenvalue weighted by Gasteiger charge is -2.21. The Hall–Kier alpha value is -1.35. The number of fused-ring (bicyclic) bond motifs is 1. The molecule has 0 saturated heterocycles. The summed E-state index contributed by atoms with van der Waals surface area (Å²) in [5, 5.41) is 0. The zero-order valence-corrected chi connectivity index (χ0v) is 17.2. The molecule has 2 aromatic rings. The molecule has 1 N–H and O–H groups in total. The lowest BCUT2D eigenvalue weighted by molar-refractivity contribution is -0.224. The lowest BCUT2D eigenvalue weighted by Crippen LogP contribution is -2.26. The molecule has 2 rings (SSSR count). The van der Waals surface area contributed by atoms with Crippen molar-refractivity contribution in [2.24, 2.45) is 0 Å². The van der Waals surface area contributed by atoms with E-state index in [1.807, 2.05) is 0 Å². The van der Waals surface area contributed by atoms with Crippen molar-refractivity contribution in [2.45, 2.75) is 64.1 Å². The van der Waals surface area contributed by atoms with Crippen molar-refractivity contribution in [1.82, 2.24) is 4.98 Å². The van der Waals surface area contributed by atoms with E-state index in [0.29, 0.717) is 22.0 Å². The molecule has 0 aliphatic rings. The second-order valence-electron chi connectivity index (χ2n) is 6.32. The smallest absolute Gasteiger partial charge is 0.429 e. The van der Waals surface area contributed by atoms with Crippen LogP contribution in [0.4, 0.5) is 13.2 Å². The summed E-state index contributed by atoms with van der Waals surface area (Å²) in [5.41, 5.74) is 0.402. The zero-order chi connectivity index (χ0) is 20.0. The first-order valence-electron chi connectivity index (χ1n) is 8.80. The molecule has 150 valence electrons. The van der Waals surface area contributed by atoms with Crippen molar-refractivity contribution >= 4 is 45.2 Å². The molecule has 0 aliphatic heterocycles. The highest BCUT2D eigenvalue weighted by molar-refractivity contribution is 9.10. The van der Waals surface area contributed by atoms with E-state index in [9.17, 15) is 18.0 Å². The van der Waals surface area contributed by atoms with Crippen LogP contribution >= 0.6 is 28.1 Å². The third-order valence-electron chi connectivity index (χ3n) is 4.08. The van der Waals surface area contributed by atoms with Crippen LogP contribution in [-0.2, 0) is 9.53 Å². The maximum atomic E-state index is 13.5. The van der Waals surface area contributed by atoms with E-state index in [0.717, 1.165) is 32.1 Å². The predicted molar refractivity (Wildman–Crippen MR) is 102 cm³/mol. The number of ether oxygens (including phenoxy) is 1. The minimum absolute atomic E-state index is 0.0315. The normalized spacial score (nSPS) is 13.1. The number of unbranched alkanes of at least 4 members (excludes halogenated alkanes) is 5. The van der Waals surface area contributed by atoms with Crippen molar-refractivity contribution in [3.63, 3.8) is 0 Å². The molecule has 0 spiro atoms. The van der Waals surface area contributed by atoms with Gasteiger partial charge in [-0.3, -0.25) is 4.79 Å². The highest BCUT2D eigenvalue weighted by Crippen LogP contribution is 2.39. The number of halogens is 4. The number of alkyl halides is 3. The van der Waals surface area contributed by atoms with Gasteiger partial charge in [-0.15, -0.1) is 0 Å². The third-order valence-corrected chi connectivity index (χ3v) is 4.86. The van der Waals surface area contributed by atoms with E-state index in [2.05, 4.69) is 27.8 Å². The average molecular weight is 468 g/mol. The van der Waals surface area contributed by atoms with Crippen LogP contribution in [0.15, 0.2) is 21.0 Å². The van der Waals surface area contributed by atoms with Gasteiger partial charge >= 0.3 is 12.1 Å². The van der Waals surface area contributed by atoms with Gasteiger partial charge in [0, 0.05) is 12.0 Å². The standard InChI is InChI=1S/C18H21BrF3NO3S/c1-2-3-4-5-6-7-8-14(24)25-16(18(20,21)22)11-9-12(19)15-13(10-11)23-17(27)26-15/h9-10,16H,2-8H2,1H3,(H,23,27). The summed E-state index contributed by atoms with van der Waals surface area (Å²) in [6.07, 6.45) is -1.53. The molecule has 0 radical (unpaired) electrons. The number of esters is 1. The number of rotatable bonds is 9. The summed E-state index contributed by atoms with van der Waals surface area (Å²) < 4.78 is 50.7. The fraction of sp³-hybridized carbons (Fsp3) is 0.556. The number of oxazole rings is 1. The molecule has 0 amide bonds. The number of carbonyl (C=O) groups is 1. The molecule has 27 heavy (non-hydrogen) atoms. The lowest BCUT2D eigenvalue weighted by atomic mass is 10.1. The van der Waals surface area contributed by atoms with Gasteiger partial charge in [-0.25, -0.2) is 0 Å². The van der Waals surface area contributed by atoms with Gasteiger partial charge in [-0.05, 0) is 46.7 Å². The van der Waals surface area contributed by atoms with Crippen LogP contribution in [0.2, 0.25) is 0 Å². The van der Waals surface area contributed by atoms with Gasteiger partial charge in [0.05, 0.1) is 9.99 Å². The summed E-state index contributed by atoms with van der Waals surface area (Å²) >= 11 is 8.03. The SMILES string of the molecule is CCCCCCCCC(=O)OC(c1cc(Br)c2oc(=S)[nH]c2c1)C(F)(F)F. The van der Waals surface area contributed by atoms with E-state index in [4.69, 9.17) is 21.4 Å². The first-order chi connectivity index (χ1) is 12.7. The molecule has 9 heteroatoms. The van der Waals surface area contributed by atoms with Crippen LogP contribution in [-0.4, -0.2) is 17.1 Å². The molecular formula is C18H21BrF3NO3S. The van der Waals surface area contributed by atoms with Gasteiger partial charge < -0.3 is 14.1 Å². The molecule has 0 bridgehead atoms. The van der Waals surface area contributed by atoms with Crippen LogP contribution in [0.25, 0.3) is 11.1 Å². The predicted octanol–water partition coefficient (Wildman–Crippen LogP) is 7.15. The van der Waals surface area contributed by atoms with E-state index in [-0.39, 0.29) is 16.8 Å². The zero-order valence-electron chi connectivity index (χ0n) is 14.8. The number of hydrogen-bond donors (Lipinski definition) is 1. The van der Waals surface area contributed by atoms with E-state index in [1.54, 1.807) is 0 Å². The maximum Gasteiger partial charge on any atom is 0.429 e. The van der Waals surface area contributed by atoms with Crippen LogP contribution in [0.5, 0.6) is 0 Å². The summed E-state index contributed by atoms with van der Waals surface area (Å²) in [6.45, 7) is 2.10. The molecule has 0 aliphatic carbocycles. The summed E-state index contributed by atoms with van der Waals surface area (Å²) in [7, 11) is 0. The largest absolute Gasteiger partial charge is 0.448 e. The van der Waals surface area contributed by atoms with Gasteiger partial charge in [-0.1, -0.05) is 39.0 Å². The molecule has 1 heterocycles. The third kappa shape index (κ3) is 6.34. The molecule has 4 nitrogen and oxygen atoms in total. The number of aromatic nitrogens is 1. The first kappa shape index (κ1) is 21.9. The number of carbonyl (C=O) groups excluding carboxylic acids is 1. The fourth-order valence-corrected chi connectivity index (χ4v) is 3.51. The van der Waals surface area contributed by atoms with Crippen LogP contribution < -0.4 is 0 Å². The molecule has 0 saturated carbocycles. The Bertz CT molecular complexity index is 831. The van der Waals surface area contributed by atoms with Crippen LogP contribution in [0.3, 0.4) is 0 Å². The van der Waals surface area contributed by atoms with Crippen molar-refractivity contribution in [1.29, 1.82) is 0 Å². The summed E-state index contributed by atoms with van der Waals surface area (Å²) in [6, 6.07) is 2.46. The number of nitrogens with one attached hydrogen (secondary N) is 1. The second-order valence-corrected chi connectivity index (χ2v) is 7.55. The maximum absolute atomic E-state index is 13.5.